The van der Waals surface area contributed by atoms with Crippen LogP contribution in [0.4, 0.5) is 0 Å². The van der Waals surface area contributed by atoms with Crippen LogP contribution in [0.3, 0.4) is 0 Å². The molecule has 1 aliphatic rings. The molecule has 0 saturated carbocycles. The molecule has 3 aromatic heterocycles. The molecule has 0 N–H and O–H groups in total. The SMILES string of the molecule is C[Si](C)(C)c1ccc(-c2[c-]cccc2)nc1.[Ir].[c-]1cc2oc3ccc(-c4ccccc4)cc3c2cc1-c1nccc2c1CCCC2. The smallest absolute Gasteiger partial charge is 0.121 e. The van der Waals surface area contributed by atoms with Crippen LogP contribution in [0.5, 0.6) is 0 Å². The van der Waals surface area contributed by atoms with E-state index < -0.39 is 8.07 Å². The van der Waals surface area contributed by atoms with Crippen LogP contribution in [0.15, 0.2) is 120 Å². The molecule has 0 atom stereocenters. The van der Waals surface area contributed by atoms with Gasteiger partial charge in [-0.25, -0.2) is 0 Å². The maximum absolute atomic E-state index is 6.10. The molecular weight excluding hydrogens is 757 g/mol. The van der Waals surface area contributed by atoms with E-state index in [1.807, 2.05) is 48.8 Å². The number of aromatic nitrogens is 2. The summed E-state index contributed by atoms with van der Waals surface area (Å²) in [5, 5.41) is 3.66. The molecule has 1 aliphatic carbocycles. The average molecular weight is 793 g/mol. The van der Waals surface area contributed by atoms with Crippen molar-refractivity contribution in [1.82, 2.24) is 9.97 Å². The third-order valence-electron chi connectivity index (χ3n) is 8.66. The molecule has 4 aromatic carbocycles. The first-order valence-corrected chi connectivity index (χ1v) is 19.3. The maximum atomic E-state index is 6.10. The third kappa shape index (κ3) is 6.68. The number of fused-ring (bicyclic) bond motifs is 4. The van der Waals surface area contributed by atoms with Crippen LogP contribution in [0.25, 0.3) is 55.6 Å². The number of hydrogen-bond acceptors (Lipinski definition) is 3. The van der Waals surface area contributed by atoms with Crippen molar-refractivity contribution >= 4 is 35.2 Å². The Morgan fingerprint density at radius 3 is 2.26 bits per heavy atom. The number of aryl methyl sites for hydroxylation is 1. The molecule has 3 heterocycles. The molecular formula is C41H36IrN2OSi-2. The van der Waals surface area contributed by atoms with Crippen LogP contribution in [-0.4, -0.2) is 18.0 Å². The Labute approximate surface area is 286 Å². The van der Waals surface area contributed by atoms with Gasteiger partial charge < -0.3 is 14.4 Å². The summed E-state index contributed by atoms with van der Waals surface area (Å²) in [7, 11) is -1.23. The fraction of sp³-hybridized carbons (Fsp3) is 0.171. The summed E-state index contributed by atoms with van der Waals surface area (Å²) in [5.41, 5.74) is 11.2. The van der Waals surface area contributed by atoms with Crippen LogP contribution in [-0.2, 0) is 32.9 Å². The van der Waals surface area contributed by atoms with Crippen molar-refractivity contribution in [1.29, 1.82) is 0 Å². The van der Waals surface area contributed by atoms with Crippen molar-refractivity contribution in [3.63, 3.8) is 0 Å². The summed E-state index contributed by atoms with van der Waals surface area (Å²) in [5.74, 6) is 0. The minimum Gasteiger partial charge on any atom is -0.500 e. The van der Waals surface area contributed by atoms with Gasteiger partial charge in [0.05, 0.1) is 13.7 Å². The fourth-order valence-electron chi connectivity index (χ4n) is 6.11. The normalized spacial score (nSPS) is 12.6. The Morgan fingerprint density at radius 1 is 0.696 bits per heavy atom. The number of rotatable bonds is 4. The zero-order chi connectivity index (χ0) is 30.8. The van der Waals surface area contributed by atoms with E-state index in [4.69, 9.17) is 9.40 Å². The van der Waals surface area contributed by atoms with Crippen molar-refractivity contribution in [3.05, 3.63) is 139 Å². The number of furan rings is 1. The molecule has 0 amide bonds. The second-order valence-electron chi connectivity index (χ2n) is 12.8. The van der Waals surface area contributed by atoms with Crippen molar-refractivity contribution in [2.45, 2.75) is 45.3 Å². The summed E-state index contributed by atoms with van der Waals surface area (Å²) < 4.78 is 6.10. The molecule has 8 rings (SSSR count). The summed E-state index contributed by atoms with van der Waals surface area (Å²) in [6.45, 7) is 7.00. The van der Waals surface area contributed by atoms with E-state index in [9.17, 15) is 0 Å². The first-order valence-electron chi connectivity index (χ1n) is 15.8. The zero-order valence-electron chi connectivity index (χ0n) is 26.4. The zero-order valence-corrected chi connectivity index (χ0v) is 29.8. The van der Waals surface area contributed by atoms with Gasteiger partial charge in [-0.1, -0.05) is 84.7 Å². The Balaban J connectivity index is 0.000000187. The average Bonchev–Trinajstić information content (AvgIpc) is 3.46. The van der Waals surface area contributed by atoms with Crippen LogP contribution >= 0.6 is 0 Å². The van der Waals surface area contributed by atoms with Gasteiger partial charge in [-0.2, -0.15) is 0 Å². The summed E-state index contributed by atoms with van der Waals surface area (Å²) >= 11 is 0. The number of benzene rings is 4. The van der Waals surface area contributed by atoms with Gasteiger partial charge in [0, 0.05) is 37.9 Å². The first-order chi connectivity index (χ1) is 21.9. The van der Waals surface area contributed by atoms with Crippen molar-refractivity contribution < 1.29 is 24.5 Å². The Morgan fingerprint density at radius 2 is 1.50 bits per heavy atom. The second kappa shape index (κ2) is 13.7. The second-order valence-corrected chi connectivity index (χ2v) is 17.8. The molecule has 0 unspecified atom stereocenters. The Kier molecular flexibility index (Phi) is 9.46. The molecule has 0 aliphatic heterocycles. The van der Waals surface area contributed by atoms with E-state index in [1.165, 1.54) is 40.3 Å². The molecule has 0 spiro atoms. The van der Waals surface area contributed by atoms with Crippen LogP contribution in [0.1, 0.15) is 24.0 Å². The van der Waals surface area contributed by atoms with E-state index in [2.05, 4.69) is 103 Å². The van der Waals surface area contributed by atoms with Crippen LogP contribution in [0, 0.1) is 12.1 Å². The van der Waals surface area contributed by atoms with Gasteiger partial charge in [0.15, 0.2) is 0 Å². The molecule has 231 valence electrons. The van der Waals surface area contributed by atoms with Gasteiger partial charge in [0.2, 0.25) is 0 Å². The largest absolute Gasteiger partial charge is 0.500 e. The summed E-state index contributed by atoms with van der Waals surface area (Å²) in [6.07, 6.45) is 8.73. The van der Waals surface area contributed by atoms with E-state index in [1.54, 1.807) is 0 Å². The standard InChI is InChI=1S/C27H20NO.C14H16NSi.Ir/c1-2-6-18(7-3-1)20-10-12-25-23(16-20)24-17-21(11-13-26(24)29-25)27-22-9-5-4-8-19(22)14-15-28-27;1-16(2,3)13-9-10-14(15-11-13)12-7-5-4-6-8-12;/h1-3,6-7,10,12-17H,4-5,8-9H2;4-7,9-11H,1-3H3;/q2*-1;. The Bertz CT molecular complexity index is 2080. The third-order valence-corrected chi connectivity index (χ3v) is 10.7. The van der Waals surface area contributed by atoms with Crippen LogP contribution in [0.2, 0.25) is 19.6 Å². The predicted octanol–water partition coefficient (Wildman–Crippen LogP) is 10.1. The molecule has 5 heteroatoms. The number of hydrogen-bond donors (Lipinski definition) is 0. The molecule has 0 fully saturated rings. The van der Waals surface area contributed by atoms with Gasteiger partial charge in [-0.05, 0) is 71.6 Å². The summed E-state index contributed by atoms with van der Waals surface area (Å²) in [6, 6.07) is 42.1. The number of nitrogens with zero attached hydrogens (tertiary/aromatic N) is 2. The van der Waals surface area contributed by atoms with Crippen LogP contribution < -0.4 is 5.19 Å². The number of pyridine rings is 2. The molecule has 7 aromatic rings. The molecule has 0 saturated heterocycles. The monoisotopic (exact) mass is 793 g/mol. The Hall–Kier alpha value is -4.15. The maximum Gasteiger partial charge on any atom is 0.121 e. The van der Waals surface area contributed by atoms with Crippen molar-refractivity contribution in [2.75, 3.05) is 0 Å². The molecule has 46 heavy (non-hydrogen) atoms. The minimum atomic E-state index is -1.23. The topological polar surface area (TPSA) is 38.9 Å². The van der Waals surface area contributed by atoms with E-state index in [-0.39, 0.29) is 20.1 Å². The van der Waals surface area contributed by atoms with Crippen molar-refractivity contribution in [3.8, 4) is 33.6 Å². The fourth-order valence-corrected chi connectivity index (χ4v) is 7.15. The molecule has 0 bridgehead atoms. The van der Waals surface area contributed by atoms with Gasteiger partial charge >= 0.3 is 0 Å². The van der Waals surface area contributed by atoms with Gasteiger partial charge in [0.1, 0.15) is 5.58 Å². The summed E-state index contributed by atoms with van der Waals surface area (Å²) in [4.78, 5) is 9.26. The van der Waals surface area contributed by atoms with E-state index >= 15 is 0 Å². The van der Waals surface area contributed by atoms with Gasteiger partial charge in [-0.3, -0.25) is 0 Å². The first kappa shape index (κ1) is 31.8. The minimum absolute atomic E-state index is 0. The van der Waals surface area contributed by atoms with E-state index in [0.29, 0.717) is 0 Å². The quantitative estimate of drug-likeness (QED) is 0.132. The van der Waals surface area contributed by atoms with Gasteiger partial charge in [-0.15, -0.1) is 59.7 Å². The molecule has 1 radical (unpaired) electrons. The van der Waals surface area contributed by atoms with Crippen molar-refractivity contribution in [2.24, 2.45) is 0 Å². The predicted molar refractivity (Wildman–Crippen MR) is 189 cm³/mol. The van der Waals surface area contributed by atoms with E-state index in [0.717, 1.165) is 57.3 Å². The van der Waals surface area contributed by atoms with Gasteiger partial charge in [0.25, 0.3) is 0 Å². The molecule has 3 nitrogen and oxygen atoms in total.